The third-order valence-electron chi connectivity index (χ3n) is 3.86. The van der Waals surface area contributed by atoms with Crippen molar-refractivity contribution < 1.29 is 4.74 Å². The van der Waals surface area contributed by atoms with Crippen LogP contribution in [-0.2, 0) is 4.74 Å². The Bertz CT molecular complexity index is 384. The van der Waals surface area contributed by atoms with E-state index >= 15 is 0 Å². The Labute approximate surface area is 131 Å². The van der Waals surface area contributed by atoms with Gasteiger partial charge >= 0.3 is 0 Å². The molecule has 2 nitrogen and oxygen atoms in total. The van der Waals surface area contributed by atoms with E-state index in [1.807, 2.05) is 0 Å². The first-order chi connectivity index (χ1) is 9.65. The average molecular weight is 340 g/mol. The lowest BCUT2D eigenvalue weighted by Crippen LogP contribution is -2.31. The summed E-state index contributed by atoms with van der Waals surface area (Å²) in [6.45, 7) is 5.24. The number of ether oxygens (including phenoxy) is 1. The molecule has 0 aromatic heterocycles. The van der Waals surface area contributed by atoms with E-state index in [1.54, 1.807) is 0 Å². The number of hydrogen-bond donors (Lipinski definition) is 1. The van der Waals surface area contributed by atoms with Gasteiger partial charge in [-0.2, -0.15) is 0 Å². The fourth-order valence-electron chi connectivity index (χ4n) is 2.70. The Hall–Kier alpha value is -0.380. The Kier molecular flexibility index (Phi) is 6.53. The lowest BCUT2D eigenvalue weighted by atomic mass is 9.97. The van der Waals surface area contributed by atoms with Crippen molar-refractivity contribution in [3.8, 4) is 0 Å². The first-order valence-corrected chi connectivity index (χ1v) is 8.59. The van der Waals surface area contributed by atoms with Gasteiger partial charge in [0.25, 0.3) is 0 Å². The van der Waals surface area contributed by atoms with E-state index in [4.69, 9.17) is 4.74 Å². The molecule has 0 bridgehead atoms. The second-order valence-corrected chi connectivity index (χ2v) is 6.91. The first kappa shape index (κ1) is 16.0. The molecular formula is C17H26BrNO. The normalized spacial score (nSPS) is 18.4. The van der Waals surface area contributed by atoms with Crippen molar-refractivity contribution in [1.29, 1.82) is 0 Å². The smallest absolute Gasteiger partial charge is 0.0953 e. The van der Waals surface area contributed by atoms with Crippen molar-refractivity contribution in [1.82, 2.24) is 5.32 Å². The van der Waals surface area contributed by atoms with Crippen LogP contribution in [0.4, 0.5) is 0 Å². The van der Waals surface area contributed by atoms with E-state index < -0.39 is 0 Å². The van der Waals surface area contributed by atoms with Crippen LogP contribution >= 0.6 is 15.9 Å². The van der Waals surface area contributed by atoms with Gasteiger partial charge in [-0.25, -0.2) is 0 Å². The van der Waals surface area contributed by atoms with Gasteiger partial charge in [-0.3, -0.25) is 0 Å². The molecule has 0 spiro atoms. The number of nitrogens with one attached hydrogen (secondary N) is 1. The molecule has 1 fully saturated rings. The molecule has 0 radical (unpaired) electrons. The van der Waals surface area contributed by atoms with Crippen LogP contribution in [0.1, 0.15) is 57.6 Å². The van der Waals surface area contributed by atoms with Crippen molar-refractivity contribution in [2.24, 2.45) is 0 Å². The molecule has 1 aliphatic rings. The second kappa shape index (κ2) is 8.16. The zero-order chi connectivity index (χ0) is 14.4. The maximum atomic E-state index is 6.39. The van der Waals surface area contributed by atoms with Crippen LogP contribution in [0.5, 0.6) is 0 Å². The fourth-order valence-corrected chi connectivity index (χ4v) is 2.96. The molecule has 1 unspecified atom stereocenters. The van der Waals surface area contributed by atoms with E-state index in [9.17, 15) is 0 Å². The van der Waals surface area contributed by atoms with E-state index in [1.165, 1.54) is 37.7 Å². The molecule has 1 saturated carbocycles. The maximum Gasteiger partial charge on any atom is 0.0953 e. The van der Waals surface area contributed by atoms with Gasteiger partial charge in [0.2, 0.25) is 0 Å². The fraction of sp³-hybridized carbons (Fsp3) is 0.647. The first-order valence-electron chi connectivity index (χ1n) is 7.79. The van der Waals surface area contributed by atoms with Crippen LogP contribution in [0.25, 0.3) is 0 Å². The number of halogens is 1. The molecule has 1 aromatic rings. The molecule has 0 aliphatic heterocycles. The molecule has 1 aromatic carbocycles. The van der Waals surface area contributed by atoms with Crippen molar-refractivity contribution in [2.45, 2.75) is 64.2 Å². The molecular weight excluding hydrogens is 314 g/mol. The van der Waals surface area contributed by atoms with Crippen LogP contribution in [0.3, 0.4) is 0 Å². The summed E-state index contributed by atoms with van der Waals surface area (Å²) in [6, 6.07) is 9.02. The Balaban J connectivity index is 2.00. The Morgan fingerprint density at radius 3 is 2.40 bits per heavy atom. The van der Waals surface area contributed by atoms with Crippen LogP contribution < -0.4 is 5.32 Å². The largest absolute Gasteiger partial charge is 0.369 e. The Morgan fingerprint density at radius 1 is 1.15 bits per heavy atom. The zero-order valence-electron chi connectivity index (χ0n) is 12.6. The van der Waals surface area contributed by atoms with Crippen molar-refractivity contribution >= 4 is 15.9 Å². The second-order valence-electron chi connectivity index (χ2n) is 6.00. The summed E-state index contributed by atoms with van der Waals surface area (Å²) >= 11 is 3.50. The number of benzene rings is 1. The summed E-state index contributed by atoms with van der Waals surface area (Å²) in [5.41, 5.74) is 1.27. The molecule has 2 rings (SSSR count). The van der Waals surface area contributed by atoms with Gasteiger partial charge in [0.15, 0.2) is 0 Å². The van der Waals surface area contributed by atoms with Crippen molar-refractivity contribution in [3.63, 3.8) is 0 Å². The summed E-state index contributed by atoms with van der Waals surface area (Å²) in [5.74, 6) is 0. The van der Waals surface area contributed by atoms with E-state index in [2.05, 4.69) is 59.4 Å². The Morgan fingerprint density at radius 2 is 1.80 bits per heavy atom. The SMILES string of the molecule is CC(C)NCC(OC1CCCCC1)c1ccc(Br)cc1. The highest BCUT2D eigenvalue weighted by Gasteiger charge is 2.20. The van der Waals surface area contributed by atoms with Crippen LogP contribution in [0, 0.1) is 0 Å². The molecule has 112 valence electrons. The minimum Gasteiger partial charge on any atom is -0.369 e. The van der Waals surface area contributed by atoms with E-state index in [0.717, 1.165) is 11.0 Å². The van der Waals surface area contributed by atoms with Crippen LogP contribution in [0.2, 0.25) is 0 Å². The van der Waals surface area contributed by atoms with Gasteiger partial charge in [0, 0.05) is 17.1 Å². The molecule has 0 heterocycles. The monoisotopic (exact) mass is 339 g/mol. The topological polar surface area (TPSA) is 21.3 Å². The summed E-state index contributed by atoms with van der Waals surface area (Å²) in [5, 5.41) is 3.51. The number of rotatable bonds is 6. The quantitative estimate of drug-likeness (QED) is 0.800. The standard InChI is InChI=1S/C17H26BrNO/c1-13(2)19-12-17(14-8-10-15(18)11-9-14)20-16-6-4-3-5-7-16/h8-11,13,16-17,19H,3-7,12H2,1-2H3. The van der Waals surface area contributed by atoms with Gasteiger partial charge < -0.3 is 10.1 Å². The van der Waals surface area contributed by atoms with Gasteiger partial charge in [-0.15, -0.1) is 0 Å². The van der Waals surface area contributed by atoms with Crippen molar-refractivity contribution in [3.05, 3.63) is 34.3 Å². The highest BCUT2D eigenvalue weighted by molar-refractivity contribution is 9.10. The van der Waals surface area contributed by atoms with Gasteiger partial charge in [-0.1, -0.05) is 61.2 Å². The molecule has 20 heavy (non-hydrogen) atoms. The molecule has 0 amide bonds. The predicted molar refractivity (Wildman–Crippen MR) is 88.0 cm³/mol. The maximum absolute atomic E-state index is 6.39. The summed E-state index contributed by atoms with van der Waals surface area (Å²) in [4.78, 5) is 0. The average Bonchev–Trinajstić information content (AvgIpc) is 2.45. The van der Waals surface area contributed by atoms with Gasteiger partial charge in [0.1, 0.15) is 0 Å². The van der Waals surface area contributed by atoms with Gasteiger partial charge in [-0.05, 0) is 30.5 Å². The molecule has 1 N–H and O–H groups in total. The molecule has 1 aliphatic carbocycles. The zero-order valence-corrected chi connectivity index (χ0v) is 14.2. The lowest BCUT2D eigenvalue weighted by Gasteiger charge is -2.28. The minimum absolute atomic E-state index is 0.161. The third-order valence-corrected chi connectivity index (χ3v) is 4.39. The summed E-state index contributed by atoms with van der Waals surface area (Å²) < 4.78 is 7.51. The highest BCUT2D eigenvalue weighted by atomic mass is 79.9. The molecule has 1 atom stereocenters. The summed E-state index contributed by atoms with van der Waals surface area (Å²) in [7, 11) is 0. The highest BCUT2D eigenvalue weighted by Crippen LogP contribution is 2.27. The molecule has 0 saturated heterocycles. The van der Waals surface area contributed by atoms with E-state index in [-0.39, 0.29) is 6.10 Å². The number of hydrogen-bond acceptors (Lipinski definition) is 2. The van der Waals surface area contributed by atoms with Crippen molar-refractivity contribution in [2.75, 3.05) is 6.54 Å². The van der Waals surface area contributed by atoms with Crippen LogP contribution in [0.15, 0.2) is 28.7 Å². The van der Waals surface area contributed by atoms with Gasteiger partial charge in [0.05, 0.1) is 12.2 Å². The third kappa shape index (κ3) is 5.19. The predicted octanol–water partition coefficient (Wildman–Crippen LogP) is 4.84. The molecule has 3 heteroatoms. The lowest BCUT2D eigenvalue weighted by molar-refractivity contribution is -0.0313. The summed E-state index contributed by atoms with van der Waals surface area (Å²) in [6.07, 6.45) is 7.03. The van der Waals surface area contributed by atoms with Crippen LogP contribution in [-0.4, -0.2) is 18.7 Å². The minimum atomic E-state index is 0.161. The van der Waals surface area contributed by atoms with E-state index in [0.29, 0.717) is 12.1 Å².